The van der Waals surface area contributed by atoms with Crippen molar-refractivity contribution in [2.75, 3.05) is 12.3 Å². The van der Waals surface area contributed by atoms with E-state index < -0.39 is 11.9 Å². The number of anilines is 1. The average Bonchev–Trinajstić information content (AvgIpc) is 2.75. The summed E-state index contributed by atoms with van der Waals surface area (Å²) in [6, 6.07) is 0. The lowest BCUT2D eigenvalue weighted by Crippen LogP contribution is -2.18. The molecule has 0 aliphatic carbocycles. The lowest BCUT2D eigenvalue weighted by Gasteiger charge is -2.07. The van der Waals surface area contributed by atoms with Crippen LogP contribution in [-0.4, -0.2) is 39.6 Å². The maximum absolute atomic E-state index is 11.7. The van der Waals surface area contributed by atoms with Crippen molar-refractivity contribution in [2.24, 2.45) is 0 Å². The van der Waals surface area contributed by atoms with Crippen LogP contribution in [0.1, 0.15) is 50.5 Å². The van der Waals surface area contributed by atoms with Crippen molar-refractivity contribution in [1.29, 1.82) is 0 Å². The topological polar surface area (TPSA) is 109 Å². The molecule has 0 radical (unpaired) electrons. The molecule has 0 unspecified atom stereocenters. The molecule has 8 nitrogen and oxygen atoms in total. The maximum Gasteiger partial charge on any atom is 0.363 e. The van der Waals surface area contributed by atoms with Gasteiger partial charge in [-0.25, -0.2) is 9.48 Å². The van der Waals surface area contributed by atoms with E-state index in [4.69, 9.17) is 15.2 Å². The van der Waals surface area contributed by atoms with Gasteiger partial charge in [-0.15, -0.1) is 5.10 Å². The fourth-order valence-electron chi connectivity index (χ4n) is 1.56. The van der Waals surface area contributed by atoms with Gasteiger partial charge in [0.25, 0.3) is 0 Å². The minimum absolute atomic E-state index is 0.00819. The second-order valence-electron chi connectivity index (χ2n) is 4.86. The Labute approximate surface area is 123 Å². The molecule has 118 valence electrons. The minimum Gasteiger partial charge on any atom is -0.464 e. The van der Waals surface area contributed by atoms with Crippen molar-refractivity contribution in [3.05, 3.63) is 5.69 Å². The SMILES string of the molecule is CCCCCOC(=O)Cn1nnc(C(=O)OC(C)C)c1N. The fraction of sp³-hybridized carbons (Fsp3) is 0.692. The summed E-state index contributed by atoms with van der Waals surface area (Å²) in [5, 5.41) is 7.31. The molecule has 0 aliphatic heterocycles. The monoisotopic (exact) mass is 298 g/mol. The van der Waals surface area contributed by atoms with Gasteiger partial charge in [-0.2, -0.15) is 0 Å². The highest BCUT2D eigenvalue weighted by Crippen LogP contribution is 2.10. The smallest absolute Gasteiger partial charge is 0.363 e. The summed E-state index contributed by atoms with van der Waals surface area (Å²) in [4.78, 5) is 23.3. The van der Waals surface area contributed by atoms with Gasteiger partial charge in [0.15, 0.2) is 5.82 Å². The van der Waals surface area contributed by atoms with Crippen LogP contribution in [0.4, 0.5) is 5.82 Å². The number of ether oxygens (including phenoxy) is 2. The van der Waals surface area contributed by atoms with E-state index in [-0.39, 0.29) is 24.2 Å². The fourth-order valence-corrected chi connectivity index (χ4v) is 1.56. The molecule has 1 aromatic rings. The number of esters is 2. The molecule has 8 heteroatoms. The number of unbranched alkanes of at least 4 members (excludes halogenated alkanes) is 2. The Morgan fingerprint density at radius 2 is 2.05 bits per heavy atom. The summed E-state index contributed by atoms with van der Waals surface area (Å²) >= 11 is 0. The quantitative estimate of drug-likeness (QED) is 0.566. The van der Waals surface area contributed by atoms with Gasteiger partial charge >= 0.3 is 11.9 Å². The highest BCUT2D eigenvalue weighted by Gasteiger charge is 2.21. The third-order valence-electron chi connectivity index (χ3n) is 2.60. The summed E-state index contributed by atoms with van der Waals surface area (Å²) in [5.41, 5.74) is 5.64. The number of nitrogens with zero attached hydrogens (tertiary/aromatic N) is 3. The number of rotatable bonds is 8. The van der Waals surface area contributed by atoms with Crippen LogP contribution in [-0.2, 0) is 20.8 Å². The molecule has 0 aliphatic rings. The van der Waals surface area contributed by atoms with Gasteiger partial charge in [-0.05, 0) is 20.3 Å². The highest BCUT2D eigenvalue weighted by molar-refractivity contribution is 5.92. The molecular formula is C13H22N4O4. The van der Waals surface area contributed by atoms with Crippen LogP contribution in [0.2, 0.25) is 0 Å². The lowest BCUT2D eigenvalue weighted by atomic mass is 10.3. The molecule has 0 bridgehead atoms. The Kier molecular flexibility index (Phi) is 6.64. The van der Waals surface area contributed by atoms with Gasteiger partial charge in [-0.1, -0.05) is 25.0 Å². The molecule has 0 atom stereocenters. The van der Waals surface area contributed by atoms with Crippen molar-refractivity contribution in [3.8, 4) is 0 Å². The van der Waals surface area contributed by atoms with E-state index >= 15 is 0 Å². The van der Waals surface area contributed by atoms with Crippen LogP contribution in [0.25, 0.3) is 0 Å². The number of hydrogen-bond acceptors (Lipinski definition) is 7. The van der Waals surface area contributed by atoms with Gasteiger partial charge in [0.2, 0.25) is 5.69 Å². The van der Waals surface area contributed by atoms with Crippen molar-refractivity contribution >= 4 is 17.8 Å². The highest BCUT2D eigenvalue weighted by atomic mass is 16.5. The zero-order chi connectivity index (χ0) is 15.8. The van der Waals surface area contributed by atoms with Crippen molar-refractivity contribution in [1.82, 2.24) is 15.0 Å². The number of hydrogen-bond donors (Lipinski definition) is 1. The Bertz CT molecular complexity index is 485. The zero-order valence-corrected chi connectivity index (χ0v) is 12.7. The Hall–Kier alpha value is -2.12. The van der Waals surface area contributed by atoms with Crippen LogP contribution in [0.15, 0.2) is 0 Å². The lowest BCUT2D eigenvalue weighted by molar-refractivity contribution is -0.144. The van der Waals surface area contributed by atoms with E-state index in [9.17, 15) is 9.59 Å². The third kappa shape index (κ3) is 5.41. The van der Waals surface area contributed by atoms with Gasteiger partial charge in [0, 0.05) is 0 Å². The second kappa shape index (κ2) is 8.23. The molecule has 0 spiro atoms. The van der Waals surface area contributed by atoms with Crippen molar-refractivity contribution in [3.63, 3.8) is 0 Å². The van der Waals surface area contributed by atoms with Crippen LogP contribution in [0.3, 0.4) is 0 Å². The molecule has 1 aromatic heterocycles. The Balaban J connectivity index is 2.55. The van der Waals surface area contributed by atoms with Crippen LogP contribution in [0, 0.1) is 0 Å². The summed E-state index contributed by atoms with van der Waals surface area (Å²) in [6.45, 7) is 5.68. The first-order valence-corrected chi connectivity index (χ1v) is 7.01. The minimum atomic E-state index is -0.662. The predicted octanol–water partition coefficient (Wildman–Crippen LogP) is 1.16. The third-order valence-corrected chi connectivity index (χ3v) is 2.60. The van der Waals surface area contributed by atoms with Crippen LogP contribution < -0.4 is 5.73 Å². The Morgan fingerprint density at radius 3 is 2.67 bits per heavy atom. The molecule has 0 aromatic carbocycles. The summed E-state index contributed by atoms with van der Waals surface area (Å²) in [6.07, 6.45) is 2.59. The first kappa shape index (κ1) is 16.9. The first-order valence-electron chi connectivity index (χ1n) is 7.01. The number of carbonyl (C=O) groups is 2. The van der Waals surface area contributed by atoms with Crippen LogP contribution >= 0.6 is 0 Å². The molecule has 0 amide bonds. The summed E-state index contributed by atoms with van der Waals surface area (Å²) in [7, 11) is 0. The number of carbonyl (C=O) groups excluding carboxylic acids is 2. The summed E-state index contributed by atoms with van der Waals surface area (Å²) < 4.78 is 11.1. The number of nitrogens with two attached hydrogens (primary N) is 1. The molecule has 1 heterocycles. The molecule has 0 saturated heterocycles. The molecular weight excluding hydrogens is 276 g/mol. The van der Waals surface area contributed by atoms with E-state index in [1.54, 1.807) is 13.8 Å². The van der Waals surface area contributed by atoms with Crippen molar-refractivity contribution in [2.45, 2.75) is 52.7 Å². The van der Waals surface area contributed by atoms with Gasteiger partial charge in [0.05, 0.1) is 12.7 Å². The zero-order valence-electron chi connectivity index (χ0n) is 12.7. The van der Waals surface area contributed by atoms with Gasteiger partial charge in [-0.3, -0.25) is 4.79 Å². The molecule has 0 saturated carbocycles. The first-order chi connectivity index (χ1) is 9.95. The van der Waals surface area contributed by atoms with Gasteiger partial charge in [0.1, 0.15) is 6.54 Å². The number of aromatic nitrogens is 3. The maximum atomic E-state index is 11.7. The molecule has 0 fully saturated rings. The normalized spacial score (nSPS) is 10.7. The number of nitrogen functional groups attached to an aromatic ring is 1. The standard InChI is InChI=1S/C13H22N4O4/c1-4-5-6-7-20-10(18)8-17-12(14)11(15-16-17)13(19)21-9(2)3/h9H,4-8,14H2,1-3H3. The van der Waals surface area contributed by atoms with Gasteiger partial charge < -0.3 is 15.2 Å². The van der Waals surface area contributed by atoms with E-state index in [2.05, 4.69) is 17.2 Å². The Morgan fingerprint density at radius 1 is 1.33 bits per heavy atom. The van der Waals surface area contributed by atoms with Crippen molar-refractivity contribution < 1.29 is 19.1 Å². The largest absolute Gasteiger partial charge is 0.464 e. The van der Waals surface area contributed by atoms with E-state index in [0.717, 1.165) is 23.9 Å². The molecule has 2 N–H and O–H groups in total. The van der Waals surface area contributed by atoms with E-state index in [1.165, 1.54) is 0 Å². The van der Waals surface area contributed by atoms with E-state index in [0.29, 0.717) is 6.61 Å². The van der Waals surface area contributed by atoms with Crippen LogP contribution in [0.5, 0.6) is 0 Å². The van der Waals surface area contributed by atoms with E-state index in [1.807, 2.05) is 0 Å². The average molecular weight is 298 g/mol. The predicted molar refractivity (Wildman–Crippen MR) is 75.5 cm³/mol. The summed E-state index contributed by atoms with van der Waals surface area (Å²) in [5.74, 6) is -1.14. The second-order valence-corrected chi connectivity index (χ2v) is 4.86. The molecule has 21 heavy (non-hydrogen) atoms. The molecule has 1 rings (SSSR count).